The Morgan fingerprint density at radius 3 is 2.24 bits per heavy atom. The molecule has 2 amide bonds. The van der Waals surface area contributed by atoms with Crippen LogP contribution in [0, 0.1) is 5.82 Å². The third-order valence-corrected chi connectivity index (χ3v) is 7.78. The molecule has 2 fully saturated rings. The average Bonchev–Trinajstić information content (AvgIpc) is 3.25. The van der Waals surface area contributed by atoms with E-state index in [4.69, 9.17) is 18.8 Å². The number of likely N-dealkylation sites (tertiary alicyclic amines) is 1. The fourth-order valence-electron chi connectivity index (χ4n) is 4.88. The van der Waals surface area contributed by atoms with Crippen molar-refractivity contribution < 1.29 is 41.5 Å². The minimum Gasteiger partial charge on any atom is -0.445 e. The number of alkyl halides is 2. The Bertz CT molecular complexity index is 1290. The summed E-state index contributed by atoms with van der Waals surface area (Å²) < 4.78 is 69.5. The lowest BCUT2D eigenvalue weighted by atomic mass is 9.77. The lowest BCUT2D eigenvalue weighted by molar-refractivity contribution is -0.0168. The fraction of sp³-hybridized carbons (Fsp3) is 0.533. The zero-order valence-corrected chi connectivity index (χ0v) is 25.0. The second-order valence-corrected chi connectivity index (χ2v) is 12.7. The Labute approximate surface area is 245 Å². The maximum atomic E-state index is 16.0. The summed E-state index contributed by atoms with van der Waals surface area (Å²) in [4.78, 5) is 26.6. The number of carbonyl (C=O) groups excluding carboxylic acids is 2. The third kappa shape index (κ3) is 6.86. The van der Waals surface area contributed by atoms with Gasteiger partial charge in [0.15, 0.2) is 0 Å². The summed E-state index contributed by atoms with van der Waals surface area (Å²) in [6.07, 6.45) is -2.44. The summed E-state index contributed by atoms with van der Waals surface area (Å²) in [5.74, 6) is -4.27. The Kier molecular flexibility index (Phi) is 8.63. The van der Waals surface area contributed by atoms with Gasteiger partial charge in [0.1, 0.15) is 24.1 Å². The van der Waals surface area contributed by atoms with Crippen molar-refractivity contribution in [3.63, 3.8) is 0 Å². The molecular weight excluding hydrogens is 552 g/mol. The van der Waals surface area contributed by atoms with Gasteiger partial charge in [0, 0.05) is 5.46 Å². The molecule has 2 aliphatic heterocycles. The molecule has 0 aromatic heterocycles. The van der Waals surface area contributed by atoms with Gasteiger partial charge < -0.3 is 24.1 Å². The van der Waals surface area contributed by atoms with E-state index < -0.39 is 66.5 Å². The van der Waals surface area contributed by atoms with Crippen LogP contribution in [-0.4, -0.2) is 65.6 Å². The third-order valence-electron chi connectivity index (χ3n) is 7.78. The first-order chi connectivity index (χ1) is 19.4. The van der Waals surface area contributed by atoms with Crippen LogP contribution in [0.1, 0.15) is 59.6 Å². The fourth-order valence-corrected chi connectivity index (χ4v) is 4.88. The molecular formula is C30H38BF3N2O6. The number of amides is 2. The minimum absolute atomic E-state index is 0.0444. The van der Waals surface area contributed by atoms with Crippen LogP contribution in [0.2, 0.25) is 0 Å². The molecule has 42 heavy (non-hydrogen) atoms. The standard InChI is InChI=1S/C30H38BF3N2O6/c1-27(2,3)40-26(38)36-18-30(33,34)24(35-25(37)39-17-19-12-9-8-10-13-19)22(36)16-20-14-11-15-21(23(20)32)31-41-28(4,5)29(6,7)42-31/h8-15,22,24H,16-18H2,1-7H3,(H,35,37)/t22-,24+/m0/s1. The Hall–Kier alpha value is -3.25. The highest BCUT2D eigenvalue weighted by atomic mass is 19.3. The Balaban J connectivity index is 1.62. The number of halogens is 3. The number of hydrogen-bond donors (Lipinski definition) is 1. The van der Waals surface area contributed by atoms with Crippen LogP contribution in [-0.2, 0) is 31.8 Å². The number of hydrogen-bond acceptors (Lipinski definition) is 6. The average molecular weight is 590 g/mol. The van der Waals surface area contributed by atoms with Crippen molar-refractivity contribution >= 4 is 24.8 Å². The van der Waals surface area contributed by atoms with Gasteiger partial charge >= 0.3 is 19.3 Å². The van der Waals surface area contributed by atoms with Crippen molar-refractivity contribution in [2.75, 3.05) is 6.54 Å². The molecule has 0 spiro atoms. The highest BCUT2D eigenvalue weighted by Crippen LogP contribution is 2.38. The Morgan fingerprint density at radius 1 is 1.02 bits per heavy atom. The maximum Gasteiger partial charge on any atom is 0.497 e. The van der Waals surface area contributed by atoms with Gasteiger partial charge in [-0.25, -0.2) is 22.8 Å². The van der Waals surface area contributed by atoms with E-state index in [0.29, 0.717) is 5.56 Å². The molecule has 2 atom stereocenters. The SMILES string of the molecule is CC(C)(C)OC(=O)N1CC(F)(F)[C@H](NC(=O)OCc2ccccc2)[C@@H]1Cc1cccc(B2OC(C)(C)C(C)(C)O2)c1F. The van der Waals surface area contributed by atoms with Crippen LogP contribution in [0.3, 0.4) is 0 Å². The molecule has 2 aromatic carbocycles. The first kappa shape index (κ1) is 31.7. The second kappa shape index (κ2) is 11.4. The van der Waals surface area contributed by atoms with Crippen molar-refractivity contribution in [3.8, 4) is 0 Å². The number of benzene rings is 2. The molecule has 0 unspecified atom stereocenters. The molecule has 0 radical (unpaired) electrons. The lowest BCUT2D eigenvalue weighted by Crippen LogP contribution is -2.53. The van der Waals surface area contributed by atoms with E-state index in [1.54, 1.807) is 57.2 Å². The van der Waals surface area contributed by atoms with Crippen LogP contribution in [0.15, 0.2) is 48.5 Å². The van der Waals surface area contributed by atoms with Crippen molar-refractivity contribution in [1.29, 1.82) is 0 Å². The number of nitrogens with one attached hydrogen (secondary N) is 1. The molecule has 4 rings (SSSR count). The number of ether oxygens (including phenoxy) is 2. The molecule has 0 bridgehead atoms. The number of nitrogens with zero attached hydrogens (tertiary/aromatic N) is 1. The normalized spacial score (nSPS) is 22.6. The smallest absolute Gasteiger partial charge is 0.445 e. The largest absolute Gasteiger partial charge is 0.497 e. The molecule has 8 nitrogen and oxygen atoms in total. The number of carbonyl (C=O) groups is 2. The van der Waals surface area contributed by atoms with Gasteiger partial charge in [-0.1, -0.05) is 48.5 Å². The molecule has 228 valence electrons. The summed E-state index contributed by atoms with van der Waals surface area (Å²) in [5, 5.41) is 2.24. The quantitative estimate of drug-likeness (QED) is 0.465. The molecule has 12 heteroatoms. The zero-order valence-electron chi connectivity index (χ0n) is 25.0. The van der Waals surface area contributed by atoms with E-state index in [1.165, 1.54) is 12.1 Å². The zero-order chi connectivity index (χ0) is 31.1. The van der Waals surface area contributed by atoms with E-state index in [2.05, 4.69) is 5.32 Å². The number of alkyl carbamates (subject to hydrolysis) is 1. The highest BCUT2D eigenvalue weighted by molar-refractivity contribution is 6.62. The van der Waals surface area contributed by atoms with E-state index in [9.17, 15) is 9.59 Å². The van der Waals surface area contributed by atoms with Crippen molar-refractivity contribution in [1.82, 2.24) is 10.2 Å². The molecule has 2 heterocycles. The van der Waals surface area contributed by atoms with E-state index in [0.717, 1.165) is 4.90 Å². The first-order valence-corrected chi connectivity index (χ1v) is 13.9. The minimum atomic E-state index is -3.56. The van der Waals surface area contributed by atoms with Crippen molar-refractivity contribution in [3.05, 3.63) is 65.5 Å². The van der Waals surface area contributed by atoms with Gasteiger partial charge in [-0.3, -0.25) is 4.90 Å². The Morgan fingerprint density at radius 2 is 1.64 bits per heavy atom. The first-order valence-electron chi connectivity index (χ1n) is 13.9. The summed E-state index contributed by atoms with van der Waals surface area (Å²) in [7, 11) is -1.02. The molecule has 0 aliphatic carbocycles. The lowest BCUT2D eigenvalue weighted by Gasteiger charge is -2.32. The topological polar surface area (TPSA) is 86.3 Å². The van der Waals surface area contributed by atoms with Crippen LogP contribution in [0.5, 0.6) is 0 Å². The molecule has 2 aliphatic rings. The molecule has 1 N–H and O–H groups in total. The van der Waals surface area contributed by atoms with Gasteiger partial charge in [0.05, 0.1) is 23.8 Å². The van der Waals surface area contributed by atoms with Gasteiger partial charge in [-0.15, -0.1) is 0 Å². The number of rotatable bonds is 6. The van der Waals surface area contributed by atoms with Crippen LogP contribution in [0.4, 0.5) is 22.8 Å². The van der Waals surface area contributed by atoms with Crippen molar-refractivity contribution in [2.45, 2.75) is 96.3 Å². The second-order valence-electron chi connectivity index (χ2n) is 12.7. The van der Waals surface area contributed by atoms with Gasteiger partial charge in [-0.05, 0) is 66.0 Å². The van der Waals surface area contributed by atoms with Gasteiger partial charge in [-0.2, -0.15) is 0 Å². The van der Waals surface area contributed by atoms with Gasteiger partial charge in [0.25, 0.3) is 5.92 Å². The molecule has 2 saturated heterocycles. The predicted molar refractivity (Wildman–Crippen MR) is 151 cm³/mol. The predicted octanol–water partition coefficient (Wildman–Crippen LogP) is 5.22. The van der Waals surface area contributed by atoms with Crippen LogP contribution in [0.25, 0.3) is 0 Å². The monoisotopic (exact) mass is 590 g/mol. The van der Waals surface area contributed by atoms with Crippen LogP contribution < -0.4 is 10.8 Å². The highest BCUT2D eigenvalue weighted by Gasteiger charge is 2.58. The maximum absolute atomic E-state index is 16.0. The molecule has 0 saturated carbocycles. The molecule has 2 aromatic rings. The van der Waals surface area contributed by atoms with E-state index in [1.807, 2.05) is 27.7 Å². The summed E-state index contributed by atoms with van der Waals surface area (Å²) in [5.41, 5.74) is -1.61. The van der Waals surface area contributed by atoms with E-state index >= 15 is 13.2 Å². The van der Waals surface area contributed by atoms with E-state index in [-0.39, 0.29) is 24.1 Å². The van der Waals surface area contributed by atoms with Crippen LogP contribution >= 0.6 is 0 Å². The van der Waals surface area contributed by atoms with Crippen molar-refractivity contribution in [2.24, 2.45) is 0 Å². The van der Waals surface area contributed by atoms with Gasteiger partial charge in [0.2, 0.25) is 0 Å². The summed E-state index contributed by atoms with van der Waals surface area (Å²) in [6, 6.07) is 10.0. The summed E-state index contributed by atoms with van der Waals surface area (Å²) >= 11 is 0. The summed E-state index contributed by atoms with van der Waals surface area (Å²) in [6.45, 7) is 11.0.